The average molecular weight is 298 g/mol. The molecule has 1 atom stereocenters. The first-order valence-corrected chi connectivity index (χ1v) is 8.09. The molecule has 1 aliphatic rings. The molecule has 0 heterocycles. The summed E-state index contributed by atoms with van der Waals surface area (Å²) in [5, 5.41) is 0. The number of sulfonamides is 1. The zero-order valence-electron chi connectivity index (χ0n) is 9.37. The molecule has 1 saturated carbocycles. The van der Waals surface area contributed by atoms with Gasteiger partial charge in [0.1, 0.15) is 0 Å². The van der Waals surface area contributed by atoms with Gasteiger partial charge in [-0.25, -0.2) is 13.1 Å². The van der Waals surface area contributed by atoms with E-state index in [0.29, 0.717) is 23.2 Å². The van der Waals surface area contributed by atoms with Crippen LogP contribution in [0.4, 0.5) is 0 Å². The molecule has 15 heavy (non-hydrogen) atoms. The summed E-state index contributed by atoms with van der Waals surface area (Å²) in [6.07, 6.45) is 3.18. The Kier molecular flexibility index (Phi) is 5.06. The quantitative estimate of drug-likeness (QED) is 0.732. The van der Waals surface area contributed by atoms with Crippen LogP contribution in [0.25, 0.3) is 0 Å². The van der Waals surface area contributed by atoms with Gasteiger partial charge in [0, 0.05) is 11.4 Å². The first-order valence-electron chi connectivity index (χ1n) is 5.52. The topological polar surface area (TPSA) is 46.2 Å². The molecular formula is C10H20BrNO2S. The second-order valence-corrected chi connectivity index (χ2v) is 7.81. The summed E-state index contributed by atoms with van der Waals surface area (Å²) in [5.41, 5.74) is 0. The van der Waals surface area contributed by atoms with Crippen molar-refractivity contribution in [3.63, 3.8) is 0 Å². The number of rotatable bonds is 7. The molecule has 0 saturated heterocycles. The molecule has 0 aromatic heterocycles. The molecule has 1 N–H and O–H groups in total. The van der Waals surface area contributed by atoms with Crippen LogP contribution < -0.4 is 4.72 Å². The van der Waals surface area contributed by atoms with Gasteiger partial charge in [0.25, 0.3) is 0 Å². The molecule has 1 fully saturated rings. The van der Waals surface area contributed by atoms with Crippen LogP contribution in [0.5, 0.6) is 0 Å². The minimum Gasteiger partial charge on any atom is -0.214 e. The Bertz CT molecular complexity index is 286. The summed E-state index contributed by atoms with van der Waals surface area (Å²) in [6.45, 7) is 4.60. The van der Waals surface area contributed by atoms with Crippen molar-refractivity contribution in [2.45, 2.75) is 37.9 Å². The molecule has 5 heteroatoms. The third-order valence-electron chi connectivity index (χ3n) is 2.60. The van der Waals surface area contributed by atoms with Gasteiger partial charge in [-0.1, -0.05) is 29.8 Å². The Hall–Kier alpha value is 0.390. The fraction of sp³-hybridized carbons (Fsp3) is 1.00. The smallest absolute Gasteiger partial charge is 0.211 e. The summed E-state index contributed by atoms with van der Waals surface area (Å²) in [6, 6.07) is 0. The number of nitrogens with one attached hydrogen (secondary N) is 1. The summed E-state index contributed by atoms with van der Waals surface area (Å²) >= 11 is 3.51. The standard InChI is InChI=1S/C10H20BrNO2S/c1-8(2)5-6-15(13,14)12-7-10(11)9-3-4-9/h8-10,12H,3-7H2,1-2H3. The molecule has 1 unspecified atom stereocenters. The van der Waals surface area contributed by atoms with E-state index in [1.165, 1.54) is 12.8 Å². The zero-order chi connectivity index (χ0) is 11.5. The Morgan fingerprint density at radius 2 is 2.00 bits per heavy atom. The molecule has 90 valence electrons. The van der Waals surface area contributed by atoms with Crippen molar-refractivity contribution in [2.75, 3.05) is 12.3 Å². The summed E-state index contributed by atoms with van der Waals surface area (Å²) in [5.74, 6) is 1.36. The lowest BCUT2D eigenvalue weighted by molar-refractivity contribution is 0.559. The lowest BCUT2D eigenvalue weighted by Gasteiger charge is -2.11. The maximum absolute atomic E-state index is 11.6. The molecule has 0 spiro atoms. The van der Waals surface area contributed by atoms with E-state index in [4.69, 9.17) is 0 Å². The van der Waals surface area contributed by atoms with E-state index >= 15 is 0 Å². The summed E-state index contributed by atoms with van der Waals surface area (Å²) < 4.78 is 25.8. The van der Waals surface area contributed by atoms with Crippen molar-refractivity contribution in [3.8, 4) is 0 Å². The number of hydrogen-bond donors (Lipinski definition) is 1. The van der Waals surface area contributed by atoms with Gasteiger partial charge >= 0.3 is 0 Å². The van der Waals surface area contributed by atoms with Crippen molar-refractivity contribution < 1.29 is 8.42 Å². The molecular weight excluding hydrogens is 278 g/mol. The Morgan fingerprint density at radius 3 is 2.47 bits per heavy atom. The molecule has 0 radical (unpaired) electrons. The molecule has 0 aliphatic heterocycles. The van der Waals surface area contributed by atoms with Gasteiger partial charge in [-0.05, 0) is 31.1 Å². The highest BCUT2D eigenvalue weighted by atomic mass is 79.9. The fourth-order valence-electron chi connectivity index (χ4n) is 1.29. The van der Waals surface area contributed by atoms with Crippen LogP contribution in [0.2, 0.25) is 0 Å². The van der Waals surface area contributed by atoms with Crippen LogP contribution in [-0.2, 0) is 10.0 Å². The van der Waals surface area contributed by atoms with Crippen LogP contribution in [0, 0.1) is 11.8 Å². The van der Waals surface area contributed by atoms with Gasteiger partial charge in [0.05, 0.1) is 5.75 Å². The van der Waals surface area contributed by atoms with Crippen LogP contribution in [0.15, 0.2) is 0 Å². The molecule has 3 nitrogen and oxygen atoms in total. The van der Waals surface area contributed by atoms with Crippen molar-refractivity contribution in [1.29, 1.82) is 0 Å². The van der Waals surface area contributed by atoms with Crippen LogP contribution in [-0.4, -0.2) is 25.5 Å². The van der Waals surface area contributed by atoms with E-state index in [1.54, 1.807) is 0 Å². The van der Waals surface area contributed by atoms with Crippen molar-refractivity contribution in [2.24, 2.45) is 11.8 Å². The van der Waals surface area contributed by atoms with E-state index in [2.05, 4.69) is 20.7 Å². The largest absolute Gasteiger partial charge is 0.214 e. The molecule has 1 aliphatic carbocycles. The number of alkyl halides is 1. The highest BCUT2D eigenvalue weighted by Gasteiger charge is 2.29. The third kappa shape index (κ3) is 5.88. The Morgan fingerprint density at radius 1 is 1.40 bits per heavy atom. The predicted molar refractivity (Wildman–Crippen MR) is 66.7 cm³/mol. The number of hydrogen-bond acceptors (Lipinski definition) is 2. The Balaban J connectivity index is 2.22. The van der Waals surface area contributed by atoms with Crippen molar-refractivity contribution in [1.82, 2.24) is 4.72 Å². The fourth-order valence-corrected chi connectivity index (χ4v) is 3.56. The molecule has 0 bridgehead atoms. The summed E-state index contributed by atoms with van der Waals surface area (Å²) in [7, 11) is -3.06. The van der Waals surface area contributed by atoms with Crippen LogP contribution in [0.1, 0.15) is 33.1 Å². The SMILES string of the molecule is CC(C)CCS(=O)(=O)NCC(Br)C1CC1. The van der Waals surface area contributed by atoms with Gasteiger partial charge in [-0.15, -0.1) is 0 Å². The van der Waals surface area contributed by atoms with E-state index < -0.39 is 10.0 Å². The lowest BCUT2D eigenvalue weighted by atomic mass is 10.2. The molecule has 0 amide bonds. The van der Waals surface area contributed by atoms with Gasteiger partial charge in [0.2, 0.25) is 10.0 Å². The van der Waals surface area contributed by atoms with E-state index in [1.807, 2.05) is 13.8 Å². The number of halogens is 1. The monoisotopic (exact) mass is 297 g/mol. The lowest BCUT2D eigenvalue weighted by Crippen LogP contribution is -2.32. The minimum atomic E-state index is -3.06. The normalized spacial score (nSPS) is 19.5. The highest BCUT2D eigenvalue weighted by Crippen LogP contribution is 2.36. The second kappa shape index (κ2) is 5.64. The Labute approximate surface area is 101 Å². The average Bonchev–Trinajstić information content (AvgIpc) is 2.94. The highest BCUT2D eigenvalue weighted by molar-refractivity contribution is 9.09. The predicted octanol–water partition coefficient (Wildman–Crippen LogP) is 2.13. The van der Waals surface area contributed by atoms with Gasteiger partial charge in [0.15, 0.2) is 0 Å². The summed E-state index contributed by atoms with van der Waals surface area (Å²) in [4.78, 5) is 0.311. The zero-order valence-corrected chi connectivity index (χ0v) is 11.8. The first-order chi connectivity index (χ1) is 6.91. The van der Waals surface area contributed by atoms with Crippen LogP contribution in [0.3, 0.4) is 0 Å². The molecule has 0 aromatic carbocycles. The first kappa shape index (κ1) is 13.5. The van der Waals surface area contributed by atoms with E-state index in [9.17, 15) is 8.42 Å². The van der Waals surface area contributed by atoms with Gasteiger partial charge < -0.3 is 0 Å². The maximum atomic E-state index is 11.6. The van der Waals surface area contributed by atoms with Crippen molar-refractivity contribution >= 4 is 26.0 Å². The molecule has 0 aromatic rings. The third-order valence-corrected chi connectivity index (χ3v) is 5.05. The molecule has 1 rings (SSSR count). The van der Waals surface area contributed by atoms with E-state index in [-0.39, 0.29) is 5.75 Å². The van der Waals surface area contributed by atoms with Gasteiger partial charge in [-0.2, -0.15) is 0 Å². The van der Waals surface area contributed by atoms with E-state index in [0.717, 1.165) is 6.42 Å². The minimum absolute atomic E-state index is 0.245. The maximum Gasteiger partial charge on any atom is 0.211 e. The van der Waals surface area contributed by atoms with Crippen LogP contribution >= 0.6 is 15.9 Å². The van der Waals surface area contributed by atoms with Crippen molar-refractivity contribution in [3.05, 3.63) is 0 Å². The second-order valence-electron chi connectivity index (χ2n) is 4.70. The van der Waals surface area contributed by atoms with Gasteiger partial charge in [-0.3, -0.25) is 0 Å².